The van der Waals surface area contributed by atoms with E-state index in [4.69, 9.17) is 4.43 Å². The standard InChI is InChI=1S/C14H28O2SSi/c1-6-9-18(10-7-2,11-8-3)16-14(5)17-12-13(4)15/h5-12H2,1-4H3. The van der Waals surface area contributed by atoms with Crippen molar-refractivity contribution < 1.29 is 9.22 Å². The molecule has 0 fully saturated rings. The lowest BCUT2D eigenvalue weighted by Gasteiger charge is -2.32. The molecule has 18 heavy (non-hydrogen) atoms. The molecule has 0 aromatic carbocycles. The van der Waals surface area contributed by atoms with Crippen molar-refractivity contribution in [1.82, 2.24) is 0 Å². The van der Waals surface area contributed by atoms with Crippen LogP contribution in [0, 0.1) is 0 Å². The van der Waals surface area contributed by atoms with Gasteiger partial charge in [-0.25, -0.2) is 0 Å². The normalized spacial score (nSPS) is 11.3. The monoisotopic (exact) mass is 288 g/mol. The molecule has 0 rings (SSSR count). The fraction of sp³-hybridized carbons (Fsp3) is 0.786. The Hall–Kier alpha value is -0.223. The maximum Gasteiger partial charge on any atom is 0.251 e. The molecule has 0 spiro atoms. The summed E-state index contributed by atoms with van der Waals surface area (Å²) in [4.78, 5) is 11.0. The van der Waals surface area contributed by atoms with Crippen LogP contribution in [0.2, 0.25) is 18.1 Å². The maximum absolute atomic E-state index is 11.0. The molecule has 0 radical (unpaired) electrons. The Balaban J connectivity index is 4.53. The van der Waals surface area contributed by atoms with Crippen molar-refractivity contribution in [3.63, 3.8) is 0 Å². The van der Waals surface area contributed by atoms with Gasteiger partial charge in [-0.3, -0.25) is 4.79 Å². The van der Waals surface area contributed by atoms with E-state index in [0.717, 1.165) is 5.09 Å². The molecule has 0 saturated carbocycles. The number of Topliss-reactive ketones (excluding diaryl/α,β-unsaturated/α-hetero) is 1. The highest BCUT2D eigenvalue weighted by Gasteiger charge is 2.34. The number of hydrogen-bond donors (Lipinski definition) is 0. The lowest BCUT2D eigenvalue weighted by atomic mass is 10.5. The Morgan fingerprint density at radius 2 is 1.56 bits per heavy atom. The SMILES string of the molecule is C=C(O[Si](CCC)(CCC)CCC)SCC(C)=O. The quantitative estimate of drug-likeness (QED) is 0.396. The minimum Gasteiger partial charge on any atom is -0.539 e. The molecule has 0 amide bonds. The number of ketones is 1. The zero-order valence-electron chi connectivity index (χ0n) is 12.4. The Labute approximate surface area is 118 Å². The highest BCUT2D eigenvalue weighted by molar-refractivity contribution is 8.03. The second-order valence-electron chi connectivity index (χ2n) is 4.90. The van der Waals surface area contributed by atoms with Crippen LogP contribution in [0.25, 0.3) is 0 Å². The van der Waals surface area contributed by atoms with Gasteiger partial charge in [0, 0.05) is 0 Å². The van der Waals surface area contributed by atoms with Gasteiger partial charge < -0.3 is 4.43 Å². The molecule has 0 atom stereocenters. The third-order valence-electron chi connectivity index (χ3n) is 2.88. The molecule has 106 valence electrons. The zero-order chi connectivity index (χ0) is 14.0. The van der Waals surface area contributed by atoms with Crippen LogP contribution in [0.5, 0.6) is 0 Å². The van der Waals surface area contributed by atoms with Gasteiger partial charge in [-0.2, -0.15) is 0 Å². The molecule has 0 N–H and O–H groups in total. The summed E-state index contributed by atoms with van der Waals surface area (Å²) in [5.41, 5.74) is 0. The van der Waals surface area contributed by atoms with E-state index in [-0.39, 0.29) is 5.78 Å². The molecule has 0 aromatic rings. The molecule has 0 aliphatic carbocycles. The fourth-order valence-corrected chi connectivity index (χ4v) is 7.75. The first-order chi connectivity index (χ1) is 8.49. The number of rotatable bonds is 11. The predicted octanol–water partition coefficient (Wildman–Crippen LogP) is 4.97. The van der Waals surface area contributed by atoms with E-state index in [9.17, 15) is 4.79 Å². The fourth-order valence-electron chi connectivity index (χ4n) is 2.35. The number of carbonyl (C=O) groups is 1. The summed E-state index contributed by atoms with van der Waals surface area (Å²) in [6.45, 7) is 12.3. The van der Waals surface area contributed by atoms with Crippen molar-refractivity contribution in [1.29, 1.82) is 0 Å². The summed E-state index contributed by atoms with van der Waals surface area (Å²) in [6.07, 6.45) is 3.53. The van der Waals surface area contributed by atoms with E-state index in [1.54, 1.807) is 6.92 Å². The van der Waals surface area contributed by atoms with Gasteiger partial charge >= 0.3 is 0 Å². The van der Waals surface area contributed by atoms with Crippen LogP contribution in [0.4, 0.5) is 0 Å². The molecule has 0 aliphatic rings. The molecule has 0 aromatic heterocycles. The second kappa shape index (κ2) is 9.67. The van der Waals surface area contributed by atoms with Gasteiger partial charge in [0.05, 0.1) is 5.75 Å². The summed E-state index contributed by atoms with van der Waals surface area (Å²) in [5.74, 6) is 0.659. The number of hydrogen-bond acceptors (Lipinski definition) is 3. The number of carbonyl (C=O) groups excluding carboxylic acids is 1. The molecular formula is C14H28O2SSi. The van der Waals surface area contributed by atoms with E-state index in [1.165, 1.54) is 49.2 Å². The van der Waals surface area contributed by atoms with E-state index in [0.29, 0.717) is 5.75 Å². The van der Waals surface area contributed by atoms with Crippen LogP contribution in [-0.2, 0) is 9.22 Å². The summed E-state index contributed by atoms with van der Waals surface area (Å²) >= 11 is 1.46. The van der Waals surface area contributed by atoms with Gasteiger partial charge in [0.15, 0.2) is 0 Å². The Kier molecular flexibility index (Phi) is 9.55. The van der Waals surface area contributed by atoms with Crippen molar-refractivity contribution in [2.24, 2.45) is 0 Å². The third kappa shape index (κ3) is 7.26. The Bertz CT molecular complexity index is 250. The second-order valence-corrected chi connectivity index (χ2v) is 10.0. The van der Waals surface area contributed by atoms with Crippen LogP contribution >= 0.6 is 11.8 Å². The maximum atomic E-state index is 11.0. The van der Waals surface area contributed by atoms with E-state index in [1.807, 2.05) is 0 Å². The van der Waals surface area contributed by atoms with Gasteiger partial charge in [-0.05, 0) is 25.1 Å². The van der Waals surface area contributed by atoms with Crippen molar-refractivity contribution >= 4 is 25.9 Å². The molecule has 2 nitrogen and oxygen atoms in total. The van der Waals surface area contributed by atoms with E-state index in [2.05, 4.69) is 27.4 Å². The van der Waals surface area contributed by atoms with Gasteiger partial charge in [-0.1, -0.05) is 58.4 Å². The van der Waals surface area contributed by atoms with Crippen molar-refractivity contribution in [2.45, 2.75) is 65.1 Å². The summed E-state index contributed by atoms with van der Waals surface area (Å²) in [7, 11) is -1.66. The van der Waals surface area contributed by atoms with Crippen LogP contribution in [0.15, 0.2) is 11.7 Å². The largest absolute Gasteiger partial charge is 0.539 e. The lowest BCUT2D eigenvalue weighted by Crippen LogP contribution is -2.37. The summed E-state index contributed by atoms with van der Waals surface area (Å²) < 4.78 is 6.26. The Morgan fingerprint density at radius 3 is 1.89 bits per heavy atom. The lowest BCUT2D eigenvalue weighted by molar-refractivity contribution is -0.114. The van der Waals surface area contributed by atoms with E-state index < -0.39 is 8.32 Å². The first-order valence-electron chi connectivity index (χ1n) is 6.99. The zero-order valence-corrected chi connectivity index (χ0v) is 14.2. The van der Waals surface area contributed by atoms with Crippen molar-refractivity contribution in [3.8, 4) is 0 Å². The topological polar surface area (TPSA) is 26.3 Å². The molecule has 4 heteroatoms. The molecule has 0 heterocycles. The smallest absolute Gasteiger partial charge is 0.251 e. The molecule has 0 unspecified atom stereocenters. The predicted molar refractivity (Wildman–Crippen MR) is 84.4 cm³/mol. The highest BCUT2D eigenvalue weighted by Crippen LogP contribution is 2.32. The van der Waals surface area contributed by atoms with Gasteiger partial charge in [0.25, 0.3) is 8.32 Å². The van der Waals surface area contributed by atoms with Crippen LogP contribution in [0.1, 0.15) is 47.0 Å². The average Bonchev–Trinajstić information content (AvgIpc) is 2.27. The van der Waals surface area contributed by atoms with E-state index >= 15 is 0 Å². The minimum absolute atomic E-state index is 0.179. The third-order valence-corrected chi connectivity index (χ3v) is 8.90. The average molecular weight is 289 g/mol. The van der Waals surface area contributed by atoms with Gasteiger partial charge in [0.1, 0.15) is 10.9 Å². The molecular weight excluding hydrogens is 260 g/mol. The first-order valence-corrected chi connectivity index (χ1v) is 10.5. The Morgan fingerprint density at radius 1 is 1.11 bits per heavy atom. The molecule has 0 bridgehead atoms. The van der Waals surface area contributed by atoms with Crippen LogP contribution < -0.4 is 0 Å². The minimum atomic E-state index is -1.66. The summed E-state index contributed by atoms with van der Waals surface area (Å²) in [5, 5.41) is 0.757. The van der Waals surface area contributed by atoms with Crippen molar-refractivity contribution in [2.75, 3.05) is 5.75 Å². The van der Waals surface area contributed by atoms with Crippen molar-refractivity contribution in [3.05, 3.63) is 11.7 Å². The first kappa shape index (κ1) is 17.8. The molecule has 0 aliphatic heterocycles. The highest BCUT2D eigenvalue weighted by atomic mass is 32.2. The molecule has 0 saturated heterocycles. The van der Waals surface area contributed by atoms with Gasteiger partial charge in [-0.15, -0.1) is 0 Å². The van der Waals surface area contributed by atoms with Crippen LogP contribution in [0.3, 0.4) is 0 Å². The summed E-state index contributed by atoms with van der Waals surface area (Å²) in [6, 6.07) is 3.61. The van der Waals surface area contributed by atoms with Crippen LogP contribution in [-0.4, -0.2) is 19.9 Å². The van der Waals surface area contributed by atoms with Gasteiger partial charge in [0.2, 0.25) is 0 Å². The number of thioether (sulfide) groups is 1.